The van der Waals surface area contributed by atoms with Crippen molar-refractivity contribution in [3.05, 3.63) is 100 Å². The largest absolute Gasteiger partial charge is 0.0609 e. The first-order chi connectivity index (χ1) is 10.6. The minimum absolute atomic E-state index is 0.277. The molecule has 0 N–H and O–H groups in total. The standard InChI is InChI=1S/C19H13I3/c20-16-7-1-4-13(10-16)19(14-5-2-8-17(21)11-14)15-6-3-9-18(22)12-15/h1-12,19H. The summed E-state index contributed by atoms with van der Waals surface area (Å²) >= 11 is 7.16. The first kappa shape index (κ1) is 16.7. The maximum atomic E-state index is 2.39. The molecule has 0 unspecified atom stereocenters. The van der Waals surface area contributed by atoms with E-state index in [1.165, 1.54) is 27.4 Å². The van der Waals surface area contributed by atoms with Crippen LogP contribution in [0.1, 0.15) is 22.6 Å². The van der Waals surface area contributed by atoms with Crippen LogP contribution in [-0.4, -0.2) is 0 Å². The van der Waals surface area contributed by atoms with Crippen LogP contribution in [0.15, 0.2) is 72.8 Å². The second-order valence-corrected chi connectivity index (χ2v) is 8.83. The van der Waals surface area contributed by atoms with E-state index < -0.39 is 0 Å². The average molecular weight is 622 g/mol. The summed E-state index contributed by atoms with van der Waals surface area (Å²) in [5.74, 6) is 0.277. The third kappa shape index (κ3) is 4.03. The molecule has 0 radical (unpaired) electrons. The van der Waals surface area contributed by atoms with Crippen molar-refractivity contribution in [2.45, 2.75) is 5.92 Å². The van der Waals surface area contributed by atoms with Gasteiger partial charge in [0.05, 0.1) is 0 Å². The summed E-state index contributed by atoms with van der Waals surface area (Å²) in [6.07, 6.45) is 0. The van der Waals surface area contributed by atoms with E-state index in [1.54, 1.807) is 0 Å². The summed E-state index contributed by atoms with van der Waals surface area (Å²) in [6, 6.07) is 26.4. The molecule has 0 spiro atoms. The van der Waals surface area contributed by atoms with Gasteiger partial charge in [0, 0.05) is 16.6 Å². The summed E-state index contributed by atoms with van der Waals surface area (Å²) in [5.41, 5.74) is 4.03. The molecule has 0 nitrogen and oxygen atoms in total. The molecule has 3 heteroatoms. The lowest BCUT2D eigenvalue weighted by molar-refractivity contribution is 0.972. The molecule has 3 aromatic carbocycles. The Hall–Kier alpha value is -0.150. The van der Waals surface area contributed by atoms with Gasteiger partial charge in [0.15, 0.2) is 0 Å². The van der Waals surface area contributed by atoms with Gasteiger partial charge in [0.1, 0.15) is 0 Å². The van der Waals surface area contributed by atoms with Gasteiger partial charge in [0.2, 0.25) is 0 Å². The van der Waals surface area contributed by atoms with Crippen molar-refractivity contribution >= 4 is 67.8 Å². The van der Waals surface area contributed by atoms with Crippen LogP contribution in [0, 0.1) is 10.7 Å². The molecule has 0 fully saturated rings. The van der Waals surface area contributed by atoms with Crippen LogP contribution in [0.2, 0.25) is 0 Å². The van der Waals surface area contributed by atoms with Gasteiger partial charge >= 0.3 is 0 Å². The molecular formula is C19H13I3. The van der Waals surface area contributed by atoms with E-state index in [0.717, 1.165) is 0 Å². The van der Waals surface area contributed by atoms with Gasteiger partial charge < -0.3 is 0 Å². The Kier molecular flexibility index (Phi) is 5.78. The highest BCUT2D eigenvalue weighted by atomic mass is 127. The topological polar surface area (TPSA) is 0 Å². The predicted octanol–water partition coefficient (Wildman–Crippen LogP) is 6.68. The average Bonchev–Trinajstić information content (AvgIpc) is 2.48. The minimum atomic E-state index is 0.277. The molecule has 0 aliphatic rings. The van der Waals surface area contributed by atoms with Crippen molar-refractivity contribution in [2.24, 2.45) is 0 Å². The second kappa shape index (κ2) is 7.61. The summed E-state index contributed by atoms with van der Waals surface area (Å²) < 4.78 is 3.82. The van der Waals surface area contributed by atoms with Gasteiger partial charge in [0.25, 0.3) is 0 Å². The third-order valence-corrected chi connectivity index (χ3v) is 5.56. The van der Waals surface area contributed by atoms with Crippen molar-refractivity contribution in [2.75, 3.05) is 0 Å². The molecule has 0 aromatic heterocycles. The van der Waals surface area contributed by atoms with Crippen LogP contribution in [0.3, 0.4) is 0 Å². The van der Waals surface area contributed by atoms with Crippen LogP contribution in [-0.2, 0) is 0 Å². The molecule has 22 heavy (non-hydrogen) atoms. The Morgan fingerprint density at radius 3 is 1.09 bits per heavy atom. The summed E-state index contributed by atoms with van der Waals surface area (Å²) in [4.78, 5) is 0. The monoisotopic (exact) mass is 622 g/mol. The predicted molar refractivity (Wildman–Crippen MR) is 118 cm³/mol. The number of halogens is 3. The Bertz CT molecular complexity index is 688. The molecule has 0 aliphatic carbocycles. The molecule has 0 saturated heterocycles. The SMILES string of the molecule is Ic1cccc(C(c2cccc(I)c2)c2cccc(I)c2)c1. The fraction of sp³-hybridized carbons (Fsp3) is 0.0526. The zero-order valence-electron chi connectivity index (χ0n) is 11.6. The Morgan fingerprint density at radius 2 is 0.818 bits per heavy atom. The fourth-order valence-corrected chi connectivity index (χ4v) is 4.34. The van der Waals surface area contributed by atoms with Gasteiger partial charge in [-0.05, 0) is 121 Å². The Morgan fingerprint density at radius 1 is 0.500 bits per heavy atom. The van der Waals surface area contributed by atoms with Crippen LogP contribution in [0.25, 0.3) is 0 Å². The van der Waals surface area contributed by atoms with Crippen LogP contribution in [0.4, 0.5) is 0 Å². The number of hydrogen-bond donors (Lipinski definition) is 0. The van der Waals surface area contributed by atoms with Crippen molar-refractivity contribution in [1.82, 2.24) is 0 Å². The second-order valence-electron chi connectivity index (χ2n) is 5.10. The summed E-state index contributed by atoms with van der Waals surface area (Å²) in [5, 5.41) is 0. The fourth-order valence-electron chi connectivity index (χ4n) is 2.64. The Labute approximate surface area is 172 Å². The normalized spacial score (nSPS) is 10.9. The zero-order chi connectivity index (χ0) is 15.5. The summed E-state index contributed by atoms with van der Waals surface area (Å²) in [7, 11) is 0. The van der Waals surface area contributed by atoms with Crippen LogP contribution < -0.4 is 0 Å². The minimum Gasteiger partial charge on any atom is -0.0609 e. The Balaban J connectivity index is 2.18. The van der Waals surface area contributed by atoms with Crippen molar-refractivity contribution < 1.29 is 0 Å². The van der Waals surface area contributed by atoms with E-state index >= 15 is 0 Å². The molecule has 3 rings (SSSR count). The lowest BCUT2D eigenvalue weighted by atomic mass is 9.85. The quantitative estimate of drug-likeness (QED) is 0.226. The maximum absolute atomic E-state index is 2.39. The lowest BCUT2D eigenvalue weighted by Crippen LogP contribution is -2.04. The van der Waals surface area contributed by atoms with Crippen molar-refractivity contribution in [1.29, 1.82) is 0 Å². The van der Waals surface area contributed by atoms with E-state index in [-0.39, 0.29) is 5.92 Å². The molecule has 0 heterocycles. The molecule has 0 aliphatic heterocycles. The van der Waals surface area contributed by atoms with E-state index in [2.05, 4.69) is 141 Å². The molecule has 110 valence electrons. The van der Waals surface area contributed by atoms with Crippen molar-refractivity contribution in [3.8, 4) is 0 Å². The van der Waals surface area contributed by atoms with Gasteiger partial charge in [-0.25, -0.2) is 0 Å². The number of hydrogen-bond acceptors (Lipinski definition) is 0. The van der Waals surface area contributed by atoms with Gasteiger partial charge in [-0.1, -0.05) is 36.4 Å². The van der Waals surface area contributed by atoms with Gasteiger partial charge in [-0.3, -0.25) is 0 Å². The van der Waals surface area contributed by atoms with Gasteiger partial charge in [-0.2, -0.15) is 0 Å². The van der Waals surface area contributed by atoms with E-state index in [4.69, 9.17) is 0 Å². The van der Waals surface area contributed by atoms with Gasteiger partial charge in [-0.15, -0.1) is 0 Å². The molecule has 3 aromatic rings. The number of rotatable bonds is 3. The first-order valence-corrected chi connectivity index (χ1v) is 10.1. The van der Waals surface area contributed by atoms with E-state index in [1.807, 2.05) is 0 Å². The van der Waals surface area contributed by atoms with Crippen molar-refractivity contribution in [3.63, 3.8) is 0 Å². The molecular weight excluding hydrogens is 609 g/mol. The lowest BCUT2D eigenvalue weighted by Gasteiger charge is -2.20. The zero-order valence-corrected chi connectivity index (χ0v) is 18.1. The third-order valence-electron chi connectivity index (χ3n) is 3.55. The molecule has 0 amide bonds. The summed E-state index contributed by atoms with van der Waals surface area (Å²) in [6.45, 7) is 0. The maximum Gasteiger partial charge on any atom is 0.0341 e. The first-order valence-electron chi connectivity index (χ1n) is 6.90. The highest BCUT2D eigenvalue weighted by Gasteiger charge is 2.17. The highest BCUT2D eigenvalue weighted by molar-refractivity contribution is 14.1. The molecule has 0 saturated carbocycles. The van der Waals surface area contributed by atoms with E-state index in [0.29, 0.717) is 0 Å². The molecule has 0 bridgehead atoms. The van der Waals surface area contributed by atoms with Crippen LogP contribution >= 0.6 is 67.8 Å². The smallest absolute Gasteiger partial charge is 0.0341 e. The van der Waals surface area contributed by atoms with E-state index in [9.17, 15) is 0 Å². The van der Waals surface area contributed by atoms with Crippen LogP contribution in [0.5, 0.6) is 0 Å². The number of benzene rings is 3. The highest BCUT2D eigenvalue weighted by Crippen LogP contribution is 2.33. The molecule has 0 atom stereocenters.